The van der Waals surface area contributed by atoms with Gasteiger partial charge in [-0.25, -0.2) is 9.80 Å². The Hall–Kier alpha value is -1.09. The molecular formula is C9H11ClFNO. The zero-order valence-electron chi connectivity index (χ0n) is 7.26. The Labute approximate surface area is 82.6 Å². The summed E-state index contributed by atoms with van der Waals surface area (Å²) in [5.41, 5.74) is 0.814. The number of nitrogens with two attached hydrogens (primary N) is 1. The predicted molar refractivity (Wildman–Crippen MR) is 44.0 cm³/mol. The average Bonchev–Trinajstić information content (AvgIpc) is 2.04. The molecule has 0 saturated heterocycles. The van der Waals surface area contributed by atoms with Gasteiger partial charge in [-0.15, -0.1) is 0 Å². The fraction of sp³-hybridized carbons (Fsp3) is 0.222. The van der Waals surface area contributed by atoms with Crippen molar-refractivity contribution in [3.05, 3.63) is 35.6 Å². The third-order valence-corrected chi connectivity index (χ3v) is 1.53. The molecule has 13 heavy (non-hydrogen) atoms. The average molecular weight is 204 g/mol. The summed E-state index contributed by atoms with van der Waals surface area (Å²) in [5, 5.41) is 5.43. The van der Waals surface area contributed by atoms with Crippen molar-refractivity contribution in [3.63, 3.8) is 0 Å². The largest absolute Gasteiger partial charge is 1.00 e. The fourth-order valence-electron chi connectivity index (χ4n) is 0.920. The lowest BCUT2D eigenvalue weighted by Gasteiger charge is -1.97. The van der Waals surface area contributed by atoms with Crippen LogP contribution in [0.3, 0.4) is 0 Å². The molecular weight excluding hydrogens is 193 g/mol. The summed E-state index contributed by atoms with van der Waals surface area (Å²) in [7, 11) is 1.49. The maximum absolute atomic E-state index is 12.6. The zero-order chi connectivity index (χ0) is 8.97. The number of ether oxygens (including phenoxy) is 1. The molecule has 72 valence electrons. The van der Waals surface area contributed by atoms with Gasteiger partial charge in [0.05, 0.1) is 13.5 Å². The Morgan fingerprint density at radius 2 is 2.23 bits per heavy atom. The highest BCUT2D eigenvalue weighted by Crippen LogP contribution is 2.03. The molecule has 0 aliphatic heterocycles. The van der Waals surface area contributed by atoms with Crippen LogP contribution in [0.25, 0.3) is 0 Å². The Bertz CT molecular complexity index is 291. The molecule has 2 nitrogen and oxygen atoms in total. The van der Waals surface area contributed by atoms with Crippen LogP contribution in [0, 0.1) is 5.82 Å². The van der Waals surface area contributed by atoms with Crippen molar-refractivity contribution in [1.82, 2.24) is 0 Å². The van der Waals surface area contributed by atoms with Crippen LogP contribution < -0.4 is 17.8 Å². The minimum absolute atomic E-state index is 0. The van der Waals surface area contributed by atoms with Gasteiger partial charge in [-0.2, -0.15) is 0 Å². The number of hydrogen-bond donors (Lipinski definition) is 1. The van der Waals surface area contributed by atoms with Gasteiger partial charge < -0.3 is 17.1 Å². The van der Waals surface area contributed by atoms with E-state index < -0.39 is 0 Å². The van der Waals surface area contributed by atoms with Gasteiger partial charge in [-0.3, -0.25) is 0 Å². The van der Waals surface area contributed by atoms with Crippen molar-refractivity contribution >= 4 is 5.90 Å². The van der Waals surface area contributed by atoms with E-state index in [0.29, 0.717) is 12.3 Å². The Balaban J connectivity index is 0.00000144. The molecule has 0 atom stereocenters. The molecule has 0 spiro atoms. The molecule has 0 saturated carbocycles. The molecule has 4 heteroatoms. The minimum atomic E-state index is -0.253. The second kappa shape index (κ2) is 5.54. The van der Waals surface area contributed by atoms with Crippen LogP contribution in [0.1, 0.15) is 5.56 Å². The smallest absolute Gasteiger partial charge is 0.337 e. The lowest BCUT2D eigenvalue weighted by atomic mass is 10.1. The molecule has 1 aromatic carbocycles. The van der Waals surface area contributed by atoms with E-state index in [-0.39, 0.29) is 18.2 Å². The van der Waals surface area contributed by atoms with E-state index in [2.05, 4.69) is 0 Å². The summed E-state index contributed by atoms with van der Waals surface area (Å²) in [6.07, 6.45) is 0.453. The van der Waals surface area contributed by atoms with E-state index >= 15 is 0 Å². The van der Waals surface area contributed by atoms with Crippen LogP contribution in [0.15, 0.2) is 24.3 Å². The molecule has 0 aliphatic rings. The Kier molecular flexibility index (Phi) is 5.07. The highest BCUT2D eigenvalue weighted by atomic mass is 35.5. The molecule has 0 aliphatic carbocycles. The molecule has 1 rings (SSSR count). The summed E-state index contributed by atoms with van der Waals surface area (Å²) in [6.45, 7) is 0. The summed E-state index contributed by atoms with van der Waals surface area (Å²) in [5.74, 6) is 0.136. The van der Waals surface area contributed by atoms with Crippen molar-refractivity contribution in [1.29, 1.82) is 0 Å². The summed E-state index contributed by atoms with van der Waals surface area (Å²) >= 11 is 0. The van der Waals surface area contributed by atoms with Gasteiger partial charge in [0.2, 0.25) is 0 Å². The summed E-state index contributed by atoms with van der Waals surface area (Å²) in [6, 6.07) is 6.28. The lowest BCUT2D eigenvalue weighted by molar-refractivity contribution is -0.139. The first-order chi connectivity index (χ1) is 5.72. The van der Waals surface area contributed by atoms with Crippen molar-refractivity contribution in [2.75, 3.05) is 7.11 Å². The van der Waals surface area contributed by atoms with Gasteiger partial charge in [-0.05, 0) is 17.7 Å². The maximum atomic E-state index is 12.6. The van der Waals surface area contributed by atoms with E-state index in [1.807, 2.05) is 0 Å². The van der Waals surface area contributed by atoms with E-state index in [1.54, 1.807) is 12.1 Å². The van der Waals surface area contributed by atoms with Gasteiger partial charge in [-0.1, -0.05) is 12.1 Å². The van der Waals surface area contributed by atoms with Crippen LogP contribution in [-0.4, -0.2) is 13.0 Å². The first-order valence-electron chi connectivity index (χ1n) is 3.62. The first kappa shape index (κ1) is 11.9. The van der Waals surface area contributed by atoms with E-state index in [0.717, 1.165) is 5.56 Å². The van der Waals surface area contributed by atoms with Gasteiger partial charge in [0.1, 0.15) is 5.82 Å². The molecule has 0 radical (unpaired) electrons. The molecule has 1 aromatic rings. The predicted octanol–water partition coefficient (Wildman–Crippen LogP) is -2.82. The second-order valence-corrected chi connectivity index (χ2v) is 2.48. The molecule has 0 amide bonds. The van der Waals surface area contributed by atoms with Crippen molar-refractivity contribution < 1.29 is 26.9 Å². The van der Waals surface area contributed by atoms with Crippen LogP contribution in [0.4, 0.5) is 4.39 Å². The van der Waals surface area contributed by atoms with Crippen LogP contribution in [0.2, 0.25) is 0 Å². The van der Waals surface area contributed by atoms with E-state index in [9.17, 15) is 4.39 Å². The number of rotatable bonds is 2. The molecule has 2 N–H and O–H groups in total. The molecule has 0 heterocycles. The highest BCUT2D eigenvalue weighted by Gasteiger charge is 2.03. The van der Waals surface area contributed by atoms with Gasteiger partial charge >= 0.3 is 5.90 Å². The lowest BCUT2D eigenvalue weighted by Crippen LogP contribution is -3.00. The van der Waals surface area contributed by atoms with Gasteiger partial charge in [0.15, 0.2) is 0 Å². The second-order valence-electron chi connectivity index (χ2n) is 2.48. The summed E-state index contributed by atoms with van der Waals surface area (Å²) in [4.78, 5) is 0. The molecule has 0 aromatic heterocycles. The summed E-state index contributed by atoms with van der Waals surface area (Å²) < 4.78 is 17.4. The van der Waals surface area contributed by atoms with Crippen LogP contribution in [-0.2, 0) is 11.2 Å². The SMILES string of the molecule is COC(=[NH2+])Cc1cccc(F)c1.[Cl-]. The Morgan fingerprint density at radius 3 is 2.77 bits per heavy atom. The molecule has 0 fully saturated rings. The van der Waals surface area contributed by atoms with E-state index in [1.165, 1.54) is 19.2 Å². The topological polar surface area (TPSA) is 34.8 Å². The van der Waals surface area contributed by atoms with Crippen molar-refractivity contribution in [3.8, 4) is 0 Å². The van der Waals surface area contributed by atoms with Gasteiger partial charge in [0.25, 0.3) is 0 Å². The highest BCUT2D eigenvalue weighted by molar-refractivity contribution is 5.72. The maximum Gasteiger partial charge on any atom is 0.337 e. The standard InChI is InChI=1S/C9H10FNO.ClH/c1-12-9(11)6-7-3-2-4-8(10)5-7;/h2-5,11H,6H2,1H3;1H. The number of benzene rings is 1. The normalized spacial score (nSPS) is 8.77. The minimum Gasteiger partial charge on any atom is -1.00 e. The first-order valence-corrected chi connectivity index (χ1v) is 3.62. The van der Waals surface area contributed by atoms with E-state index in [4.69, 9.17) is 10.1 Å². The molecule has 0 bridgehead atoms. The van der Waals surface area contributed by atoms with Crippen LogP contribution >= 0.6 is 0 Å². The number of halogens is 2. The number of methoxy groups -OCH3 is 1. The zero-order valence-corrected chi connectivity index (χ0v) is 8.01. The van der Waals surface area contributed by atoms with Crippen molar-refractivity contribution in [2.24, 2.45) is 0 Å². The quantitative estimate of drug-likeness (QED) is 0.409. The third kappa shape index (κ3) is 3.90. The van der Waals surface area contributed by atoms with Crippen molar-refractivity contribution in [2.45, 2.75) is 6.42 Å². The monoisotopic (exact) mass is 203 g/mol. The third-order valence-electron chi connectivity index (χ3n) is 1.53. The van der Waals surface area contributed by atoms with Crippen LogP contribution in [0.5, 0.6) is 0 Å². The fourth-order valence-corrected chi connectivity index (χ4v) is 0.920. The number of hydrogen-bond acceptors (Lipinski definition) is 1. The molecule has 0 unspecified atom stereocenters. The Morgan fingerprint density at radius 1 is 1.54 bits per heavy atom. The van der Waals surface area contributed by atoms with Gasteiger partial charge in [0, 0.05) is 0 Å².